The second-order valence-electron chi connectivity index (χ2n) is 8.55. The van der Waals surface area contributed by atoms with Gasteiger partial charge in [-0.15, -0.1) is 0 Å². The zero-order valence-corrected chi connectivity index (χ0v) is 19.4. The number of benzene rings is 1. The van der Waals surface area contributed by atoms with E-state index in [0.717, 1.165) is 76.0 Å². The van der Waals surface area contributed by atoms with Crippen LogP contribution in [0.2, 0.25) is 0 Å². The number of carbonyl (C=O) groups is 1. The van der Waals surface area contributed by atoms with E-state index in [4.69, 9.17) is 0 Å². The lowest BCUT2D eigenvalue weighted by Crippen LogP contribution is -2.44. The van der Waals surface area contributed by atoms with Gasteiger partial charge in [-0.3, -0.25) is 4.79 Å². The lowest BCUT2D eigenvalue weighted by Gasteiger charge is -2.32. The van der Waals surface area contributed by atoms with Crippen molar-refractivity contribution < 1.29 is 9.18 Å². The quantitative estimate of drug-likeness (QED) is 0.532. The van der Waals surface area contributed by atoms with Crippen molar-refractivity contribution in [2.24, 2.45) is 5.92 Å². The predicted octanol–water partition coefficient (Wildman–Crippen LogP) is 4.13. The van der Waals surface area contributed by atoms with E-state index in [1.165, 1.54) is 12.1 Å². The third-order valence-corrected chi connectivity index (χ3v) is 5.92. The first-order chi connectivity index (χ1) is 15.6. The Morgan fingerprint density at radius 3 is 2.44 bits per heavy atom. The van der Waals surface area contributed by atoms with Crippen LogP contribution >= 0.6 is 0 Å². The van der Waals surface area contributed by atoms with Gasteiger partial charge in [-0.2, -0.15) is 0 Å². The monoisotopic (exact) mass is 441 g/mol. The SMILES string of the molecule is CCCN(CCC)CCCNC(=O)C1CCCN(c2ncc(-c3ccc(F)cc3)cn2)C1. The molecule has 1 saturated heterocycles. The lowest BCUT2D eigenvalue weighted by atomic mass is 9.97. The largest absolute Gasteiger partial charge is 0.356 e. The van der Waals surface area contributed by atoms with E-state index in [2.05, 4.69) is 38.9 Å². The van der Waals surface area contributed by atoms with Gasteiger partial charge in [-0.1, -0.05) is 26.0 Å². The van der Waals surface area contributed by atoms with Gasteiger partial charge in [0.05, 0.1) is 5.92 Å². The highest BCUT2D eigenvalue weighted by Crippen LogP contribution is 2.23. The first kappa shape index (κ1) is 24.1. The summed E-state index contributed by atoms with van der Waals surface area (Å²) in [7, 11) is 0. The number of amides is 1. The summed E-state index contributed by atoms with van der Waals surface area (Å²) in [6.07, 6.45) is 8.68. The molecular formula is C25H36FN5O. The molecule has 3 rings (SSSR count). The number of rotatable bonds is 11. The van der Waals surface area contributed by atoms with E-state index < -0.39 is 0 Å². The molecule has 1 N–H and O–H groups in total. The fourth-order valence-electron chi connectivity index (χ4n) is 4.28. The summed E-state index contributed by atoms with van der Waals surface area (Å²) in [6, 6.07) is 6.31. The average molecular weight is 442 g/mol. The molecule has 0 bridgehead atoms. The molecule has 7 heteroatoms. The third kappa shape index (κ3) is 6.99. The Hall–Kier alpha value is -2.54. The maximum Gasteiger partial charge on any atom is 0.225 e. The Bertz CT molecular complexity index is 821. The van der Waals surface area contributed by atoms with Crippen LogP contribution < -0.4 is 10.2 Å². The van der Waals surface area contributed by atoms with Crippen LogP contribution in [-0.4, -0.2) is 60.0 Å². The molecule has 174 valence electrons. The molecule has 1 aromatic carbocycles. The van der Waals surface area contributed by atoms with E-state index >= 15 is 0 Å². The Labute approximate surface area is 191 Å². The topological polar surface area (TPSA) is 61.4 Å². The number of anilines is 1. The molecule has 32 heavy (non-hydrogen) atoms. The lowest BCUT2D eigenvalue weighted by molar-refractivity contribution is -0.125. The summed E-state index contributed by atoms with van der Waals surface area (Å²) < 4.78 is 13.1. The van der Waals surface area contributed by atoms with Crippen molar-refractivity contribution in [1.29, 1.82) is 0 Å². The van der Waals surface area contributed by atoms with E-state index in [-0.39, 0.29) is 17.6 Å². The van der Waals surface area contributed by atoms with Gasteiger partial charge in [-0.25, -0.2) is 14.4 Å². The zero-order valence-electron chi connectivity index (χ0n) is 19.4. The van der Waals surface area contributed by atoms with Crippen LogP contribution in [-0.2, 0) is 4.79 Å². The summed E-state index contributed by atoms with van der Waals surface area (Å²) in [5.41, 5.74) is 1.73. The number of hydrogen-bond donors (Lipinski definition) is 1. The van der Waals surface area contributed by atoms with E-state index in [9.17, 15) is 9.18 Å². The summed E-state index contributed by atoms with van der Waals surface area (Å²) in [6.45, 7) is 9.91. The van der Waals surface area contributed by atoms with E-state index in [0.29, 0.717) is 12.5 Å². The number of nitrogens with zero attached hydrogens (tertiary/aromatic N) is 4. The number of aromatic nitrogens is 2. The molecule has 0 radical (unpaired) electrons. The van der Waals surface area contributed by atoms with Crippen molar-refractivity contribution in [2.45, 2.75) is 46.0 Å². The molecule has 1 amide bonds. The minimum Gasteiger partial charge on any atom is -0.356 e. The van der Waals surface area contributed by atoms with Crippen LogP contribution in [0, 0.1) is 11.7 Å². The summed E-state index contributed by atoms with van der Waals surface area (Å²) in [4.78, 5) is 26.3. The van der Waals surface area contributed by atoms with E-state index in [1.54, 1.807) is 24.5 Å². The fourth-order valence-corrected chi connectivity index (χ4v) is 4.28. The molecule has 1 aromatic heterocycles. The molecular weight excluding hydrogens is 405 g/mol. The second kappa shape index (κ2) is 12.5. The number of halogens is 1. The Balaban J connectivity index is 1.48. The standard InChI is InChI=1S/C25H36FN5O/c1-3-13-30(14-4-2)15-6-12-27-24(32)21-7-5-16-31(19-21)25-28-17-22(18-29-25)20-8-10-23(26)11-9-20/h8-11,17-18,21H,3-7,12-16,19H2,1-2H3,(H,27,32). The first-order valence-corrected chi connectivity index (χ1v) is 11.9. The summed E-state index contributed by atoms with van der Waals surface area (Å²) in [5.74, 6) is 0.480. The van der Waals surface area contributed by atoms with Gasteiger partial charge in [0, 0.05) is 37.6 Å². The van der Waals surface area contributed by atoms with Gasteiger partial charge in [-0.05, 0) is 69.4 Å². The number of hydrogen-bond acceptors (Lipinski definition) is 5. The van der Waals surface area contributed by atoms with Crippen molar-refractivity contribution in [1.82, 2.24) is 20.2 Å². The third-order valence-electron chi connectivity index (χ3n) is 5.92. The highest BCUT2D eigenvalue weighted by Gasteiger charge is 2.27. The van der Waals surface area contributed by atoms with Crippen LogP contribution in [0.1, 0.15) is 46.0 Å². The van der Waals surface area contributed by atoms with Crippen molar-refractivity contribution in [3.8, 4) is 11.1 Å². The Morgan fingerprint density at radius 1 is 1.09 bits per heavy atom. The van der Waals surface area contributed by atoms with E-state index in [1.807, 2.05) is 0 Å². The minimum absolute atomic E-state index is 0.0356. The molecule has 6 nitrogen and oxygen atoms in total. The molecule has 0 saturated carbocycles. The van der Waals surface area contributed by atoms with Crippen LogP contribution in [0.5, 0.6) is 0 Å². The molecule has 1 fully saturated rings. The van der Waals surface area contributed by atoms with Crippen molar-refractivity contribution in [3.63, 3.8) is 0 Å². The van der Waals surface area contributed by atoms with Crippen molar-refractivity contribution in [3.05, 3.63) is 42.5 Å². The molecule has 1 atom stereocenters. The first-order valence-electron chi connectivity index (χ1n) is 11.9. The smallest absolute Gasteiger partial charge is 0.225 e. The molecule has 1 aliphatic heterocycles. The average Bonchev–Trinajstić information content (AvgIpc) is 2.82. The van der Waals surface area contributed by atoms with Crippen LogP contribution in [0.25, 0.3) is 11.1 Å². The van der Waals surface area contributed by atoms with Gasteiger partial charge >= 0.3 is 0 Å². The van der Waals surface area contributed by atoms with Crippen LogP contribution in [0.4, 0.5) is 10.3 Å². The highest BCUT2D eigenvalue weighted by atomic mass is 19.1. The fraction of sp³-hybridized carbons (Fsp3) is 0.560. The number of nitrogens with one attached hydrogen (secondary N) is 1. The summed E-state index contributed by atoms with van der Waals surface area (Å²) >= 11 is 0. The second-order valence-corrected chi connectivity index (χ2v) is 8.55. The zero-order chi connectivity index (χ0) is 22.8. The van der Waals surface area contributed by atoms with Crippen molar-refractivity contribution >= 4 is 11.9 Å². The molecule has 0 spiro atoms. The number of carbonyl (C=O) groups excluding carboxylic acids is 1. The summed E-state index contributed by atoms with van der Waals surface area (Å²) in [5, 5.41) is 3.14. The predicted molar refractivity (Wildman–Crippen MR) is 127 cm³/mol. The molecule has 2 aromatic rings. The number of piperidine rings is 1. The van der Waals surface area contributed by atoms with Crippen molar-refractivity contribution in [2.75, 3.05) is 44.2 Å². The molecule has 0 aliphatic carbocycles. The van der Waals surface area contributed by atoms with Gasteiger partial charge in [0.2, 0.25) is 11.9 Å². The van der Waals surface area contributed by atoms with Gasteiger partial charge in [0.25, 0.3) is 0 Å². The van der Waals surface area contributed by atoms with Crippen LogP contribution in [0.15, 0.2) is 36.7 Å². The molecule has 2 heterocycles. The highest BCUT2D eigenvalue weighted by molar-refractivity contribution is 5.79. The van der Waals surface area contributed by atoms with Gasteiger partial charge in [0.15, 0.2) is 0 Å². The molecule has 1 unspecified atom stereocenters. The maximum atomic E-state index is 13.1. The normalized spacial score (nSPS) is 16.4. The Morgan fingerprint density at radius 2 is 1.78 bits per heavy atom. The van der Waals surface area contributed by atoms with Gasteiger partial charge in [0.1, 0.15) is 5.82 Å². The van der Waals surface area contributed by atoms with Crippen LogP contribution in [0.3, 0.4) is 0 Å². The minimum atomic E-state index is -0.261. The molecule has 1 aliphatic rings. The Kier molecular flexibility index (Phi) is 9.41. The van der Waals surface area contributed by atoms with Gasteiger partial charge < -0.3 is 15.1 Å². The maximum absolute atomic E-state index is 13.1.